The fraction of sp³-hybridized carbons (Fsp3) is 0.545. The molecule has 0 N–H and O–H groups in total. The van der Waals surface area contributed by atoms with Crippen LogP contribution in [0.4, 0.5) is 0 Å². The largest absolute Gasteiger partial charge is 0.339 e. The van der Waals surface area contributed by atoms with Gasteiger partial charge in [0, 0.05) is 39.0 Å². The number of nitrogens with zero attached hydrogens (tertiary/aromatic N) is 5. The number of para-hydroxylation sites is 1. The zero-order valence-electron chi connectivity index (χ0n) is 17.8. The third-order valence-corrected chi connectivity index (χ3v) is 7.21. The van der Waals surface area contributed by atoms with E-state index >= 15 is 0 Å². The molecule has 2 aromatic rings. The first kappa shape index (κ1) is 22.1. The molecule has 166 valence electrons. The molecule has 1 saturated carbocycles. The van der Waals surface area contributed by atoms with Crippen LogP contribution >= 0.6 is 23.4 Å². The Morgan fingerprint density at radius 2 is 1.74 bits per heavy atom. The Morgan fingerprint density at radius 3 is 2.42 bits per heavy atom. The van der Waals surface area contributed by atoms with E-state index < -0.39 is 0 Å². The van der Waals surface area contributed by atoms with Crippen LogP contribution in [0.15, 0.2) is 29.4 Å². The van der Waals surface area contributed by atoms with E-state index in [4.69, 9.17) is 21.7 Å². The molecule has 0 unspecified atom stereocenters. The Morgan fingerprint density at radius 1 is 1.06 bits per heavy atom. The molecule has 1 aliphatic carbocycles. The van der Waals surface area contributed by atoms with Crippen molar-refractivity contribution in [2.45, 2.75) is 50.1 Å². The van der Waals surface area contributed by atoms with Crippen LogP contribution in [-0.2, 0) is 9.59 Å². The van der Waals surface area contributed by atoms with Gasteiger partial charge in [-0.1, -0.05) is 54.8 Å². The Labute approximate surface area is 192 Å². The van der Waals surface area contributed by atoms with Gasteiger partial charge in [0.15, 0.2) is 0 Å². The summed E-state index contributed by atoms with van der Waals surface area (Å²) in [5.74, 6) is 1.71. The average molecular weight is 462 g/mol. The summed E-state index contributed by atoms with van der Waals surface area (Å²) in [5, 5.41) is 5.98. The predicted octanol–water partition coefficient (Wildman–Crippen LogP) is 3.75. The first-order valence-corrected chi connectivity index (χ1v) is 12.3. The van der Waals surface area contributed by atoms with E-state index in [0.717, 1.165) is 24.4 Å². The number of amides is 2. The SMILES string of the molecule is CC(=O)N1CCN(C(=O)CSc2nc(C3CCCCC3)n(-c3ccccc3Cl)n2)CC1. The highest BCUT2D eigenvalue weighted by Gasteiger charge is 2.26. The molecule has 2 amide bonds. The van der Waals surface area contributed by atoms with Crippen LogP contribution in [0.1, 0.15) is 50.8 Å². The maximum absolute atomic E-state index is 12.7. The summed E-state index contributed by atoms with van der Waals surface area (Å²) in [7, 11) is 0. The van der Waals surface area contributed by atoms with Gasteiger partial charge < -0.3 is 9.80 Å². The lowest BCUT2D eigenvalue weighted by Gasteiger charge is -2.34. The first-order chi connectivity index (χ1) is 15.0. The second-order valence-corrected chi connectivity index (χ2v) is 9.48. The summed E-state index contributed by atoms with van der Waals surface area (Å²) in [4.78, 5) is 32.6. The highest BCUT2D eigenvalue weighted by Crippen LogP contribution is 2.34. The van der Waals surface area contributed by atoms with Crippen LogP contribution in [-0.4, -0.2) is 68.3 Å². The lowest BCUT2D eigenvalue weighted by Crippen LogP contribution is -2.50. The van der Waals surface area contributed by atoms with Gasteiger partial charge in [0.05, 0.1) is 16.5 Å². The Bertz CT molecular complexity index is 936. The number of piperazine rings is 1. The number of benzene rings is 1. The number of aromatic nitrogens is 3. The van der Waals surface area contributed by atoms with E-state index in [0.29, 0.717) is 42.3 Å². The quantitative estimate of drug-likeness (QED) is 0.634. The highest BCUT2D eigenvalue weighted by atomic mass is 35.5. The van der Waals surface area contributed by atoms with Gasteiger partial charge in [0.2, 0.25) is 17.0 Å². The van der Waals surface area contributed by atoms with E-state index in [9.17, 15) is 9.59 Å². The zero-order valence-corrected chi connectivity index (χ0v) is 19.4. The van der Waals surface area contributed by atoms with E-state index in [1.807, 2.05) is 33.8 Å². The fourth-order valence-electron chi connectivity index (χ4n) is 4.28. The topological polar surface area (TPSA) is 71.3 Å². The molecule has 1 saturated heterocycles. The first-order valence-electron chi connectivity index (χ1n) is 10.9. The van der Waals surface area contributed by atoms with Crippen LogP contribution in [0.25, 0.3) is 5.69 Å². The van der Waals surface area contributed by atoms with Crippen molar-refractivity contribution >= 4 is 35.2 Å². The molecule has 0 radical (unpaired) electrons. The van der Waals surface area contributed by atoms with Crippen molar-refractivity contribution in [3.05, 3.63) is 35.1 Å². The van der Waals surface area contributed by atoms with Crippen molar-refractivity contribution in [1.29, 1.82) is 0 Å². The van der Waals surface area contributed by atoms with Crippen molar-refractivity contribution in [2.24, 2.45) is 0 Å². The standard InChI is InChI=1S/C22H28ClN5O2S/c1-16(29)26-11-13-27(14-12-26)20(30)15-31-22-24-21(17-7-3-2-4-8-17)28(25-22)19-10-6-5-9-18(19)23/h5-6,9-10,17H,2-4,7-8,11-15H2,1H3. The minimum Gasteiger partial charge on any atom is -0.339 e. The number of rotatable bonds is 5. The van der Waals surface area contributed by atoms with E-state index in [1.165, 1.54) is 31.0 Å². The number of carbonyl (C=O) groups is 2. The number of hydrogen-bond acceptors (Lipinski definition) is 5. The van der Waals surface area contributed by atoms with Crippen LogP contribution in [0.3, 0.4) is 0 Å². The molecule has 1 aromatic heterocycles. The van der Waals surface area contributed by atoms with Crippen molar-refractivity contribution in [3.63, 3.8) is 0 Å². The van der Waals surface area contributed by atoms with Crippen molar-refractivity contribution in [2.75, 3.05) is 31.9 Å². The summed E-state index contributed by atoms with van der Waals surface area (Å²) < 4.78 is 1.87. The summed E-state index contributed by atoms with van der Waals surface area (Å²) in [6.45, 7) is 3.91. The molecule has 7 nitrogen and oxygen atoms in total. The number of halogens is 1. The summed E-state index contributed by atoms with van der Waals surface area (Å²) in [5.41, 5.74) is 0.829. The molecule has 9 heteroatoms. The van der Waals surface area contributed by atoms with Gasteiger partial charge in [0.1, 0.15) is 5.82 Å². The maximum atomic E-state index is 12.7. The Kier molecular flexibility index (Phi) is 7.17. The van der Waals surface area contributed by atoms with Crippen molar-refractivity contribution in [1.82, 2.24) is 24.6 Å². The predicted molar refractivity (Wildman–Crippen MR) is 122 cm³/mol. The number of hydrogen-bond donors (Lipinski definition) is 0. The second kappa shape index (κ2) is 10.0. The molecule has 0 bridgehead atoms. The minimum absolute atomic E-state index is 0.0570. The minimum atomic E-state index is 0.0570. The van der Waals surface area contributed by atoms with Crippen LogP contribution in [0.2, 0.25) is 5.02 Å². The Hall–Kier alpha value is -2.06. The van der Waals surface area contributed by atoms with Gasteiger partial charge in [-0.05, 0) is 25.0 Å². The highest BCUT2D eigenvalue weighted by molar-refractivity contribution is 7.99. The van der Waals surface area contributed by atoms with Gasteiger partial charge in [-0.3, -0.25) is 9.59 Å². The molecule has 2 aliphatic rings. The molecule has 1 aliphatic heterocycles. The van der Waals surface area contributed by atoms with E-state index in [1.54, 1.807) is 11.8 Å². The zero-order chi connectivity index (χ0) is 21.8. The smallest absolute Gasteiger partial charge is 0.233 e. The lowest BCUT2D eigenvalue weighted by molar-refractivity contribution is -0.136. The number of carbonyl (C=O) groups excluding carboxylic acids is 2. The molecule has 1 aromatic carbocycles. The van der Waals surface area contributed by atoms with Crippen LogP contribution < -0.4 is 0 Å². The molecular weight excluding hydrogens is 434 g/mol. The van der Waals surface area contributed by atoms with Crippen LogP contribution in [0, 0.1) is 0 Å². The fourth-order valence-corrected chi connectivity index (χ4v) is 5.23. The molecule has 2 heterocycles. The van der Waals surface area contributed by atoms with Gasteiger partial charge in [0.25, 0.3) is 0 Å². The third kappa shape index (κ3) is 5.23. The van der Waals surface area contributed by atoms with Crippen molar-refractivity contribution < 1.29 is 9.59 Å². The van der Waals surface area contributed by atoms with Gasteiger partial charge in [-0.25, -0.2) is 9.67 Å². The normalized spacial score (nSPS) is 17.7. The summed E-state index contributed by atoms with van der Waals surface area (Å²) in [6, 6.07) is 7.67. The molecule has 2 fully saturated rings. The molecular formula is C22H28ClN5O2S. The molecule has 0 spiro atoms. The van der Waals surface area contributed by atoms with Gasteiger partial charge in [-0.2, -0.15) is 0 Å². The Balaban J connectivity index is 1.47. The van der Waals surface area contributed by atoms with E-state index in [-0.39, 0.29) is 17.6 Å². The summed E-state index contributed by atoms with van der Waals surface area (Å²) in [6.07, 6.45) is 5.88. The molecule has 4 rings (SSSR count). The summed E-state index contributed by atoms with van der Waals surface area (Å²) >= 11 is 7.83. The maximum Gasteiger partial charge on any atom is 0.233 e. The van der Waals surface area contributed by atoms with Gasteiger partial charge >= 0.3 is 0 Å². The third-order valence-electron chi connectivity index (χ3n) is 6.07. The van der Waals surface area contributed by atoms with Crippen molar-refractivity contribution in [3.8, 4) is 5.69 Å². The van der Waals surface area contributed by atoms with E-state index in [2.05, 4.69) is 0 Å². The average Bonchev–Trinajstić information content (AvgIpc) is 3.22. The monoisotopic (exact) mass is 461 g/mol. The van der Waals surface area contributed by atoms with Gasteiger partial charge in [-0.15, -0.1) is 5.10 Å². The lowest BCUT2D eigenvalue weighted by atomic mass is 9.88. The van der Waals surface area contributed by atoms with Crippen LogP contribution in [0.5, 0.6) is 0 Å². The molecule has 0 atom stereocenters. The molecule has 31 heavy (non-hydrogen) atoms. The second-order valence-electron chi connectivity index (χ2n) is 8.13. The number of thioether (sulfide) groups is 1.